The number of hydrogen-bond donors (Lipinski definition) is 2. The van der Waals surface area contributed by atoms with Gasteiger partial charge in [-0.1, -0.05) is 38.1 Å². The fourth-order valence-electron chi connectivity index (χ4n) is 2.88. The third-order valence-corrected chi connectivity index (χ3v) is 5.29. The zero-order chi connectivity index (χ0) is 19.1. The summed E-state index contributed by atoms with van der Waals surface area (Å²) in [6.07, 6.45) is 4.42. The van der Waals surface area contributed by atoms with E-state index in [2.05, 4.69) is 83.1 Å². The van der Waals surface area contributed by atoms with Crippen molar-refractivity contribution < 1.29 is 0 Å². The van der Waals surface area contributed by atoms with Gasteiger partial charge in [0.25, 0.3) is 0 Å². The highest BCUT2D eigenvalue weighted by Crippen LogP contribution is 2.19. The summed E-state index contributed by atoms with van der Waals surface area (Å²) >= 11 is 1.70. The molecule has 0 unspecified atom stereocenters. The van der Waals surface area contributed by atoms with Crippen molar-refractivity contribution in [2.45, 2.75) is 39.8 Å². The van der Waals surface area contributed by atoms with E-state index >= 15 is 0 Å². The van der Waals surface area contributed by atoms with E-state index in [-0.39, 0.29) is 24.0 Å². The highest BCUT2D eigenvalue weighted by Gasteiger charge is 2.08. The molecular formula is C21H30IN5S. The largest absolute Gasteiger partial charge is 0.364 e. The number of benzene rings is 1. The Balaban J connectivity index is 0.00000280. The summed E-state index contributed by atoms with van der Waals surface area (Å²) in [7, 11) is 0. The van der Waals surface area contributed by atoms with Gasteiger partial charge < -0.3 is 15.5 Å². The third kappa shape index (κ3) is 6.48. The summed E-state index contributed by atoms with van der Waals surface area (Å²) < 4.78 is 0. The number of anilines is 1. The number of aliphatic imine (C=N–C) groups is 1. The second kappa shape index (κ2) is 11.4. The SMILES string of the molecule is CCNC(=NCc1cccc(N2CC=CC2)c1)NCc1nc(C(C)C)cs1.I. The van der Waals surface area contributed by atoms with Gasteiger partial charge in [-0.05, 0) is 30.5 Å². The Kier molecular flexibility index (Phi) is 9.24. The molecule has 1 aromatic carbocycles. The van der Waals surface area contributed by atoms with E-state index in [1.807, 2.05) is 0 Å². The molecule has 0 saturated carbocycles. The molecule has 0 spiro atoms. The van der Waals surface area contributed by atoms with Crippen LogP contribution in [-0.4, -0.2) is 30.6 Å². The topological polar surface area (TPSA) is 52.6 Å². The molecule has 0 amide bonds. The summed E-state index contributed by atoms with van der Waals surface area (Å²) in [6.45, 7) is 10.6. The Bertz CT molecular complexity index is 792. The van der Waals surface area contributed by atoms with Crippen LogP contribution >= 0.6 is 35.3 Å². The maximum atomic E-state index is 4.75. The van der Waals surface area contributed by atoms with Crippen LogP contribution in [0.15, 0.2) is 46.8 Å². The Morgan fingerprint density at radius 2 is 2.04 bits per heavy atom. The first-order chi connectivity index (χ1) is 13.2. The van der Waals surface area contributed by atoms with Crippen molar-refractivity contribution in [1.29, 1.82) is 0 Å². The quantitative estimate of drug-likeness (QED) is 0.249. The number of rotatable bonds is 7. The standard InChI is InChI=1S/C21H29N5S.HI/c1-4-22-21(24-14-20-25-19(15-27-20)16(2)3)23-13-17-8-7-9-18(12-17)26-10-5-6-11-26;/h5-9,12,15-16H,4,10-11,13-14H2,1-3H3,(H2,22,23,24);1H. The normalized spacial score (nSPS) is 13.7. The van der Waals surface area contributed by atoms with Crippen molar-refractivity contribution in [3.63, 3.8) is 0 Å². The van der Waals surface area contributed by atoms with Crippen LogP contribution in [0.25, 0.3) is 0 Å². The molecule has 1 aliphatic rings. The van der Waals surface area contributed by atoms with Gasteiger partial charge in [0.05, 0.1) is 18.8 Å². The van der Waals surface area contributed by atoms with Gasteiger partial charge in [0.2, 0.25) is 0 Å². The lowest BCUT2D eigenvalue weighted by atomic mass is 10.2. The minimum absolute atomic E-state index is 0. The zero-order valence-electron chi connectivity index (χ0n) is 16.8. The van der Waals surface area contributed by atoms with Crippen molar-refractivity contribution in [2.24, 2.45) is 4.99 Å². The highest BCUT2D eigenvalue weighted by atomic mass is 127. The number of guanidine groups is 1. The van der Waals surface area contributed by atoms with Crippen molar-refractivity contribution in [1.82, 2.24) is 15.6 Å². The summed E-state index contributed by atoms with van der Waals surface area (Å²) in [5.74, 6) is 1.29. The first kappa shape index (κ1) is 22.7. The van der Waals surface area contributed by atoms with E-state index in [1.54, 1.807) is 11.3 Å². The minimum atomic E-state index is 0. The van der Waals surface area contributed by atoms with Gasteiger partial charge in [0.15, 0.2) is 5.96 Å². The van der Waals surface area contributed by atoms with Gasteiger partial charge in [0, 0.05) is 30.7 Å². The predicted molar refractivity (Wildman–Crippen MR) is 131 cm³/mol. The maximum Gasteiger partial charge on any atom is 0.191 e. The van der Waals surface area contributed by atoms with Crippen LogP contribution in [0.2, 0.25) is 0 Å². The van der Waals surface area contributed by atoms with Crippen LogP contribution in [0, 0.1) is 0 Å². The van der Waals surface area contributed by atoms with Crippen LogP contribution < -0.4 is 15.5 Å². The highest BCUT2D eigenvalue weighted by molar-refractivity contribution is 14.0. The molecule has 2 aromatic rings. The molecule has 7 heteroatoms. The van der Waals surface area contributed by atoms with Crippen LogP contribution in [0.1, 0.15) is 43.0 Å². The summed E-state index contributed by atoms with van der Waals surface area (Å²) in [5.41, 5.74) is 3.63. The second-order valence-corrected chi connectivity index (χ2v) is 7.86. The number of nitrogens with zero attached hydrogens (tertiary/aromatic N) is 3. The van der Waals surface area contributed by atoms with Crippen molar-refractivity contribution in [3.05, 3.63) is 58.1 Å². The van der Waals surface area contributed by atoms with Crippen LogP contribution in [0.3, 0.4) is 0 Å². The van der Waals surface area contributed by atoms with Crippen molar-refractivity contribution in [2.75, 3.05) is 24.5 Å². The van der Waals surface area contributed by atoms with Crippen LogP contribution in [0.5, 0.6) is 0 Å². The maximum absolute atomic E-state index is 4.75. The first-order valence-corrected chi connectivity index (χ1v) is 10.5. The molecule has 0 radical (unpaired) electrons. The average molecular weight is 511 g/mol. The van der Waals surface area contributed by atoms with E-state index in [0.29, 0.717) is 19.0 Å². The molecule has 28 heavy (non-hydrogen) atoms. The van der Waals surface area contributed by atoms with Gasteiger partial charge in [-0.3, -0.25) is 0 Å². The van der Waals surface area contributed by atoms with Crippen molar-refractivity contribution >= 4 is 47.0 Å². The number of nitrogens with one attached hydrogen (secondary N) is 2. The summed E-state index contributed by atoms with van der Waals surface area (Å²) in [5, 5.41) is 9.95. The van der Waals surface area contributed by atoms with Gasteiger partial charge in [0.1, 0.15) is 5.01 Å². The second-order valence-electron chi connectivity index (χ2n) is 6.92. The van der Waals surface area contributed by atoms with Crippen LogP contribution in [0.4, 0.5) is 5.69 Å². The lowest BCUT2D eigenvalue weighted by Crippen LogP contribution is -2.36. The van der Waals surface area contributed by atoms with E-state index in [4.69, 9.17) is 4.99 Å². The molecule has 0 saturated heterocycles. The Labute approximate surface area is 189 Å². The van der Waals surface area contributed by atoms with Gasteiger partial charge in [-0.15, -0.1) is 35.3 Å². The summed E-state index contributed by atoms with van der Waals surface area (Å²) in [4.78, 5) is 11.8. The number of halogens is 1. The fourth-order valence-corrected chi connectivity index (χ4v) is 3.78. The van der Waals surface area contributed by atoms with Gasteiger partial charge >= 0.3 is 0 Å². The van der Waals surface area contributed by atoms with E-state index in [0.717, 1.165) is 36.3 Å². The lowest BCUT2D eigenvalue weighted by molar-refractivity contribution is 0.788. The predicted octanol–water partition coefficient (Wildman–Crippen LogP) is 4.52. The van der Waals surface area contributed by atoms with E-state index < -0.39 is 0 Å². The molecule has 0 fully saturated rings. The smallest absolute Gasteiger partial charge is 0.191 e. The molecule has 3 rings (SSSR count). The molecule has 0 bridgehead atoms. The third-order valence-electron chi connectivity index (χ3n) is 4.43. The summed E-state index contributed by atoms with van der Waals surface area (Å²) in [6, 6.07) is 8.64. The van der Waals surface area contributed by atoms with Gasteiger partial charge in [-0.25, -0.2) is 9.98 Å². The zero-order valence-corrected chi connectivity index (χ0v) is 20.0. The molecular weight excluding hydrogens is 481 g/mol. The molecule has 5 nitrogen and oxygen atoms in total. The average Bonchev–Trinajstić information content (AvgIpc) is 3.36. The molecule has 2 N–H and O–H groups in total. The number of aromatic nitrogens is 1. The molecule has 2 heterocycles. The molecule has 1 aromatic heterocycles. The van der Waals surface area contributed by atoms with Crippen LogP contribution in [-0.2, 0) is 13.1 Å². The number of hydrogen-bond acceptors (Lipinski definition) is 4. The molecule has 0 atom stereocenters. The first-order valence-electron chi connectivity index (χ1n) is 9.61. The molecule has 1 aliphatic heterocycles. The van der Waals surface area contributed by atoms with Crippen molar-refractivity contribution in [3.8, 4) is 0 Å². The van der Waals surface area contributed by atoms with E-state index in [9.17, 15) is 0 Å². The lowest BCUT2D eigenvalue weighted by Gasteiger charge is -2.18. The van der Waals surface area contributed by atoms with Gasteiger partial charge in [-0.2, -0.15) is 0 Å². The van der Waals surface area contributed by atoms with E-state index in [1.165, 1.54) is 11.3 Å². The Hall–Kier alpha value is -1.61. The minimum Gasteiger partial charge on any atom is -0.364 e. The Morgan fingerprint density at radius 1 is 1.25 bits per heavy atom. The fraction of sp³-hybridized carbons (Fsp3) is 0.429. The molecule has 0 aliphatic carbocycles. The number of thiazole rings is 1. The Morgan fingerprint density at radius 3 is 2.71 bits per heavy atom. The molecule has 152 valence electrons. The monoisotopic (exact) mass is 511 g/mol.